The van der Waals surface area contributed by atoms with Gasteiger partial charge in [-0.3, -0.25) is 0 Å². The maximum atomic E-state index is 8.74. The van der Waals surface area contributed by atoms with Crippen molar-refractivity contribution in [3.63, 3.8) is 0 Å². The molecule has 0 amide bonds. The van der Waals surface area contributed by atoms with E-state index in [2.05, 4.69) is 4.98 Å². The van der Waals surface area contributed by atoms with Gasteiger partial charge in [0.25, 0.3) is 0 Å². The molecule has 0 aliphatic carbocycles. The van der Waals surface area contributed by atoms with Gasteiger partial charge in [-0.05, 0) is 13.3 Å². The Bertz CT molecular complexity index is 269. The summed E-state index contributed by atoms with van der Waals surface area (Å²) in [5.74, 6) is 0.890. The van der Waals surface area contributed by atoms with E-state index in [9.17, 15) is 0 Å². The quantitative estimate of drug-likeness (QED) is 0.575. The first-order valence-corrected chi connectivity index (χ1v) is 6.19. The van der Waals surface area contributed by atoms with Gasteiger partial charge in [-0.25, -0.2) is 4.98 Å². The Morgan fingerprint density at radius 1 is 1.46 bits per heavy atom. The van der Waals surface area contributed by atoms with Crippen molar-refractivity contribution in [3.05, 3.63) is 18.2 Å². The summed E-state index contributed by atoms with van der Waals surface area (Å²) in [5.41, 5.74) is 0. The van der Waals surface area contributed by atoms with Gasteiger partial charge in [0.1, 0.15) is 5.82 Å². The third-order valence-electron chi connectivity index (χ3n) is 1.83. The second-order valence-electron chi connectivity index (χ2n) is 3.05. The van der Waals surface area contributed by atoms with Crippen LogP contribution in [0.15, 0.2) is 12.4 Å². The largest absolute Gasteiger partial charge is 0.492 e. The Morgan fingerprint density at radius 3 is 2.62 bits per heavy atom. The molecule has 6 heteroatoms. The van der Waals surface area contributed by atoms with Gasteiger partial charge >= 0.3 is 8.80 Å². The van der Waals surface area contributed by atoms with E-state index in [4.69, 9.17) is 14.4 Å². The molecule has 0 atom stereocenters. The van der Waals surface area contributed by atoms with E-state index >= 15 is 0 Å². The molecule has 0 aliphatic rings. The monoisotopic (exact) mass is 202 g/mol. The third kappa shape index (κ3) is 3.68. The molecule has 1 rings (SSSR count). The summed E-state index contributed by atoms with van der Waals surface area (Å²) >= 11 is 0. The minimum absolute atomic E-state index is 0.0740. The van der Waals surface area contributed by atoms with Crippen molar-refractivity contribution in [1.82, 2.24) is 9.55 Å². The first kappa shape index (κ1) is 10.4. The topological polar surface area (TPSA) is 78.5 Å². The smallest absolute Gasteiger partial charge is 0.390 e. The molecule has 0 fully saturated rings. The highest BCUT2D eigenvalue weighted by molar-refractivity contribution is 6.56. The van der Waals surface area contributed by atoms with Crippen LogP contribution in [0.5, 0.6) is 0 Å². The molecule has 1 heterocycles. The lowest BCUT2D eigenvalue weighted by Gasteiger charge is -2.09. The SMILES string of the molecule is Cc1nccn1CCC[Si](O)(O)O. The molecular weight excluding hydrogens is 188 g/mol. The zero-order valence-electron chi connectivity index (χ0n) is 7.51. The number of hydrogen-bond donors (Lipinski definition) is 3. The summed E-state index contributed by atoms with van der Waals surface area (Å²) in [6, 6.07) is 0.0740. The van der Waals surface area contributed by atoms with Crippen molar-refractivity contribution in [3.8, 4) is 0 Å². The molecular formula is C7H14N2O3Si. The summed E-state index contributed by atoms with van der Waals surface area (Å²) in [5, 5.41) is 0. The van der Waals surface area contributed by atoms with Crippen molar-refractivity contribution >= 4 is 8.80 Å². The first-order chi connectivity index (χ1) is 5.99. The summed E-state index contributed by atoms with van der Waals surface area (Å²) in [6.07, 6.45) is 4.06. The number of aromatic nitrogens is 2. The highest BCUT2D eigenvalue weighted by Gasteiger charge is 2.25. The zero-order chi connectivity index (χ0) is 9.90. The maximum Gasteiger partial charge on any atom is 0.492 e. The van der Waals surface area contributed by atoms with Gasteiger partial charge in [-0.1, -0.05) is 0 Å². The lowest BCUT2D eigenvalue weighted by atomic mass is 10.4. The molecule has 1 aromatic heterocycles. The second kappa shape index (κ2) is 4.01. The average Bonchev–Trinajstić information content (AvgIpc) is 2.34. The fourth-order valence-corrected chi connectivity index (χ4v) is 1.76. The van der Waals surface area contributed by atoms with Crippen LogP contribution < -0.4 is 0 Å². The molecule has 0 radical (unpaired) electrons. The van der Waals surface area contributed by atoms with Gasteiger partial charge in [-0.2, -0.15) is 0 Å². The molecule has 0 bridgehead atoms. The van der Waals surface area contributed by atoms with Crippen LogP contribution in [0, 0.1) is 6.92 Å². The van der Waals surface area contributed by atoms with Crippen LogP contribution in [0.1, 0.15) is 12.2 Å². The van der Waals surface area contributed by atoms with Crippen molar-refractivity contribution in [1.29, 1.82) is 0 Å². The van der Waals surface area contributed by atoms with Gasteiger partial charge < -0.3 is 19.0 Å². The van der Waals surface area contributed by atoms with Gasteiger partial charge in [0.2, 0.25) is 0 Å². The van der Waals surface area contributed by atoms with Crippen LogP contribution in [-0.2, 0) is 6.54 Å². The molecule has 1 aromatic rings. The lowest BCUT2D eigenvalue weighted by Crippen LogP contribution is -2.34. The first-order valence-electron chi connectivity index (χ1n) is 4.14. The summed E-state index contributed by atoms with van der Waals surface area (Å²) in [6.45, 7) is 2.53. The van der Waals surface area contributed by atoms with E-state index in [0.29, 0.717) is 13.0 Å². The minimum atomic E-state index is -3.84. The van der Waals surface area contributed by atoms with E-state index < -0.39 is 8.80 Å². The third-order valence-corrected chi connectivity index (χ3v) is 2.86. The van der Waals surface area contributed by atoms with E-state index in [1.807, 2.05) is 17.7 Å². The Hall–Kier alpha value is -0.693. The highest BCUT2D eigenvalue weighted by Crippen LogP contribution is 2.05. The van der Waals surface area contributed by atoms with Crippen LogP contribution in [-0.4, -0.2) is 32.7 Å². The van der Waals surface area contributed by atoms with Crippen LogP contribution in [0.4, 0.5) is 0 Å². The summed E-state index contributed by atoms with van der Waals surface area (Å²) in [7, 11) is -3.84. The highest BCUT2D eigenvalue weighted by atomic mass is 28.4. The van der Waals surface area contributed by atoms with E-state index in [-0.39, 0.29) is 6.04 Å². The molecule has 74 valence electrons. The number of rotatable bonds is 4. The molecule has 0 aliphatic heterocycles. The van der Waals surface area contributed by atoms with Crippen molar-refractivity contribution < 1.29 is 14.4 Å². The van der Waals surface area contributed by atoms with Gasteiger partial charge in [-0.15, -0.1) is 0 Å². The number of nitrogens with zero attached hydrogens (tertiary/aromatic N) is 2. The average molecular weight is 202 g/mol. The van der Waals surface area contributed by atoms with Crippen LogP contribution in [0.3, 0.4) is 0 Å². The van der Waals surface area contributed by atoms with Crippen LogP contribution >= 0.6 is 0 Å². The standard InChI is InChI=1S/C7H14N2O3Si/c1-7-8-3-5-9(7)4-2-6-13(10,11)12/h3,5,10-12H,2,4,6H2,1H3. The lowest BCUT2D eigenvalue weighted by molar-refractivity contribution is 0.225. The van der Waals surface area contributed by atoms with E-state index in [1.54, 1.807) is 6.20 Å². The molecule has 0 saturated carbocycles. The molecule has 0 spiro atoms. The maximum absolute atomic E-state index is 8.74. The van der Waals surface area contributed by atoms with Gasteiger partial charge in [0, 0.05) is 25.0 Å². The van der Waals surface area contributed by atoms with E-state index in [1.165, 1.54) is 0 Å². The van der Waals surface area contributed by atoms with Gasteiger partial charge in [0.05, 0.1) is 0 Å². The number of hydrogen-bond acceptors (Lipinski definition) is 4. The number of aryl methyl sites for hydroxylation is 2. The minimum Gasteiger partial charge on any atom is -0.390 e. The van der Waals surface area contributed by atoms with Crippen molar-refractivity contribution in [2.24, 2.45) is 0 Å². The zero-order valence-corrected chi connectivity index (χ0v) is 8.51. The summed E-state index contributed by atoms with van der Waals surface area (Å²) < 4.78 is 1.90. The normalized spacial score (nSPS) is 12.0. The molecule has 0 unspecified atom stereocenters. The fraction of sp³-hybridized carbons (Fsp3) is 0.571. The summed E-state index contributed by atoms with van der Waals surface area (Å²) in [4.78, 5) is 30.2. The Labute approximate surface area is 77.7 Å². The fourth-order valence-electron chi connectivity index (χ4n) is 1.13. The molecule has 13 heavy (non-hydrogen) atoms. The van der Waals surface area contributed by atoms with Crippen molar-refractivity contribution in [2.75, 3.05) is 0 Å². The van der Waals surface area contributed by atoms with Crippen LogP contribution in [0.25, 0.3) is 0 Å². The van der Waals surface area contributed by atoms with Crippen LogP contribution in [0.2, 0.25) is 6.04 Å². The van der Waals surface area contributed by atoms with Gasteiger partial charge in [0.15, 0.2) is 0 Å². The van der Waals surface area contributed by atoms with Crippen molar-refractivity contribution in [2.45, 2.75) is 25.9 Å². The predicted molar refractivity (Wildman–Crippen MR) is 48.8 cm³/mol. The molecule has 5 nitrogen and oxygen atoms in total. The Kier molecular flexibility index (Phi) is 3.20. The molecule has 0 saturated heterocycles. The Balaban J connectivity index is 2.32. The second-order valence-corrected chi connectivity index (χ2v) is 5.09. The number of imidazole rings is 1. The predicted octanol–water partition coefficient (Wildman–Crippen LogP) is -0.503. The Morgan fingerprint density at radius 2 is 2.15 bits per heavy atom. The molecule has 0 aromatic carbocycles. The molecule has 3 N–H and O–H groups in total. The van der Waals surface area contributed by atoms with E-state index in [0.717, 1.165) is 5.82 Å².